The molecular weight excluding hydrogens is 256 g/mol. The maximum absolute atomic E-state index is 13.5. The third kappa shape index (κ3) is 3.74. The summed E-state index contributed by atoms with van der Waals surface area (Å²) in [6, 6.07) is 3.36. The first-order valence-corrected chi connectivity index (χ1v) is 5.79. The van der Waals surface area contributed by atoms with Gasteiger partial charge in [0, 0.05) is 12.1 Å². The number of carboxylic acid groups (broad SMARTS) is 1. The van der Waals surface area contributed by atoms with Gasteiger partial charge in [0.15, 0.2) is 0 Å². The molecule has 6 heteroatoms. The molecule has 104 valence electrons. The summed E-state index contributed by atoms with van der Waals surface area (Å²) in [6.45, 7) is 2.70. The van der Waals surface area contributed by atoms with E-state index in [1.54, 1.807) is 0 Å². The van der Waals surface area contributed by atoms with Crippen LogP contribution < -0.4 is 5.32 Å². The standard InChI is InChI=1S/C13H15F2NO3/c1-7(13(18)19)6-16-12(17)8(2)11-9(14)4-3-5-10(11)15/h3-5,7-8H,6H2,1-2H3,(H,16,17)(H,18,19). The van der Waals surface area contributed by atoms with Gasteiger partial charge in [0.25, 0.3) is 0 Å². The summed E-state index contributed by atoms with van der Waals surface area (Å²) in [6.07, 6.45) is 0. The van der Waals surface area contributed by atoms with Crippen LogP contribution in [0.4, 0.5) is 8.78 Å². The molecule has 0 fully saturated rings. The van der Waals surface area contributed by atoms with Gasteiger partial charge in [-0.2, -0.15) is 0 Å². The second kappa shape index (κ2) is 6.26. The van der Waals surface area contributed by atoms with Gasteiger partial charge in [0.05, 0.1) is 11.8 Å². The van der Waals surface area contributed by atoms with Crippen molar-refractivity contribution >= 4 is 11.9 Å². The van der Waals surface area contributed by atoms with E-state index < -0.39 is 35.3 Å². The third-order valence-corrected chi connectivity index (χ3v) is 2.83. The zero-order valence-corrected chi connectivity index (χ0v) is 10.6. The number of carbonyl (C=O) groups excluding carboxylic acids is 1. The van der Waals surface area contributed by atoms with Gasteiger partial charge in [-0.1, -0.05) is 13.0 Å². The van der Waals surface area contributed by atoms with E-state index in [0.717, 1.165) is 12.1 Å². The first kappa shape index (κ1) is 15.1. The number of hydrogen-bond acceptors (Lipinski definition) is 2. The number of rotatable bonds is 5. The molecule has 0 aliphatic heterocycles. The number of carboxylic acids is 1. The molecule has 0 aliphatic carbocycles. The number of halogens is 2. The highest BCUT2D eigenvalue weighted by Gasteiger charge is 2.23. The SMILES string of the molecule is CC(CNC(=O)C(C)c1c(F)cccc1F)C(=O)O. The monoisotopic (exact) mass is 271 g/mol. The summed E-state index contributed by atoms with van der Waals surface area (Å²) in [5.74, 6) is -5.05. The van der Waals surface area contributed by atoms with Crippen molar-refractivity contribution in [3.05, 3.63) is 35.4 Å². The van der Waals surface area contributed by atoms with Crippen molar-refractivity contribution in [3.63, 3.8) is 0 Å². The highest BCUT2D eigenvalue weighted by atomic mass is 19.1. The molecule has 1 aromatic rings. The van der Waals surface area contributed by atoms with Gasteiger partial charge >= 0.3 is 5.97 Å². The molecule has 4 nitrogen and oxygen atoms in total. The van der Waals surface area contributed by atoms with Gasteiger partial charge in [-0.15, -0.1) is 0 Å². The first-order chi connectivity index (χ1) is 8.84. The quantitative estimate of drug-likeness (QED) is 0.859. The van der Waals surface area contributed by atoms with Gasteiger partial charge in [0.1, 0.15) is 11.6 Å². The van der Waals surface area contributed by atoms with Crippen LogP contribution in [0.2, 0.25) is 0 Å². The van der Waals surface area contributed by atoms with Gasteiger partial charge in [-0.25, -0.2) is 8.78 Å². The first-order valence-electron chi connectivity index (χ1n) is 5.79. The Morgan fingerprint density at radius 2 is 1.79 bits per heavy atom. The smallest absolute Gasteiger partial charge is 0.308 e. The topological polar surface area (TPSA) is 66.4 Å². The van der Waals surface area contributed by atoms with E-state index in [1.807, 2.05) is 0 Å². The highest BCUT2D eigenvalue weighted by Crippen LogP contribution is 2.22. The van der Waals surface area contributed by atoms with Crippen molar-refractivity contribution in [2.75, 3.05) is 6.54 Å². The van der Waals surface area contributed by atoms with E-state index in [1.165, 1.54) is 19.9 Å². The zero-order chi connectivity index (χ0) is 14.6. The van der Waals surface area contributed by atoms with Crippen LogP contribution in [0.15, 0.2) is 18.2 Å². The molecule has 0 saturated heterocycles. The molecular formula is C13H15F2NO3. The molecule has 0 saturated carbocycles. The summed E-state index contributed by atoms with van der Waals surface area (Å²) in [5, 5.41) is 11.0. The minimum Gasteiger partial charge on any atom is -0.481 e. The molecule has 0 aromatic heterocycles. The molecule has 0 radical (unpaired) electrons. The molecule has 0 heterocycles. The van der Waals surface area contributed by atoms with Crippen LogP contribution in [0.3, 0.4) is 0 Å². The van der Waals surface area contributed by atoms with E-state index in [-0.39, 0.29) is 12.1 Å². The van der Waals surface area contributed by atoms with Gasteiger partial charge in [0.2, 0.25) is 5.91 Å². The van der Waals surface area contributed by atoms with Crippen molar-refractivity contribution in [3.8, 4) is 0 Å². The van der Waals surface area contributed by atoms with E-state index in [0.29, 0.717) is 0 Å². The molecule has 0 bridgehead atoms. The zero-order valence-electron chi connectivity index (χ0n) is 10.6. The molecule has 1 rings (SSSR count). The minimum atomic E-state index is -1.05. The summed E-state index contributed by atoms with van der Waals surface area (Å²) in [5.41, 5.74) is -0.317. The Labute approximate surface area is 109 Å². The summed E-state index contributed by atoms with van der Waals surface area (Å²) in [7, 11) is 0. The number of benzene rings is 1. The van der Waals surface area contributed by atoms with Crippen LogP contribution in [0.25, 0.3) is 0 Å². The van der Waals surface area contributed by atoms with Gasteiger partial charge in [-0.3, -0.25) is 9.59 Å². The maximum Gasteiger partial charge on any atom is 0.308 e. The second-order valence-corrected chi connectivity index (χ2v) is 4.34. The van der Waals surface area contributed by atoms with Crippen LogP contribution in [0.1, 0.15) is 25.3 Å². The van der Waals surface area contributed by atoms with Crippen molar-refractivity contribution in [2.24, 2.45) is 5.92 Å². The Morgan fingerprint density at radius 1 is 1.26 bits per heavy atom. The van der Waals surface area contributed by atoms with Crippen molar-refractivity contribution in [1.29, 1.82) is 0 Å². The lowest BCUT2D eigenvalue weighted by Crippen LogP contribution is -2.34. The van der Waals surface area contributed by atoms with E-state index >= 15 is 0 Å². The Kier molecular flexibility index (Phi) is 4.97. The van der Waals surface area contributed by atoms with Crippen LogP contribution in [0, 0.1) is 17.6 Å². The lowest BCUT2D eigenvalue weighted by Gasteiger charge is -2.15. The molecule has 2 atom stereocenters. The van der Waals surface area contributed by atoms with Crippen LogP contribution >= 0.6 is 0 Å². The molecule has 2 N–H and O–H groups in total. The highest BCUT2D eigenvalue weighted by molar-refractivity contribution is 5.83. The fraction of sp³-hybridized carbons (Fsp3) is 0.385. The van der Waals surface area contributed by atoms with Gasteiger partial charge in [-0.05, 0) is 19.1 Å². The normalized spacial score (nSPS) is 13.7. The fourth-order valence-electron chi connectivity index (χ4n) is 1.55. The van der Waals surface area contributed by atoms with Gasteiger partial charge < -0.3 is 10.4 Å². The Balaban J connectivity index is 2.75. The predicted octanol–water partition coefficient (Wildman–Crippen LogP) is 1.91. The number of aliphatic carboxylic acids is 1. The van der Waals surface area contributed by atoms with E-state index in [4.69, 9.17) is 5.11 Å². The summed E-state index contributed by atoms with van der Waals surface area (Å²) >= 11 is 0. The Bertz CT molecular complexity index is 471. The average molecular weight is 271 g/mol. The van der Waals surface area contributed by atoms with E-state index in [2.05, 4.69) is 5.32 Å². The number of amides is 1. The lowest BCUT2D eigenvalue weighted by molar-refractivity contribution is -0.141. The molecule has 1 amide bonds. The third-order valence-electron chi connectivity index (χ3n) is 2.83. The molecule has 0 aliphatic rings. The number of nitrogens with one attached hydrogen (secondary N) is 1. The van der Waals surface area contributed by atoms with Crippen molar-refractivity contribution in [1.82, 2.24) is 5.32 Å². The molecule has 1 aromatic carbocycles. The lowest BCUT2D eigenvalue weighted by atomic mass is 9.99. The van der Waals surface area contributed by atoms with Crippen LogP contribution in [-0.4, -0.2) is 23.5 Å². The van der Waals surface area contributed by atoms with Crippen molar-refractivity contribution < 1.29 is 23.5 Å². The predicted molar refractivity (Wildman–Crippen MR) is 64.6 cm³/mol. The average Bonchev–Trinajstić information content (AvgIpc) is 2.34. The second-order valence-electron chi connectivity index (χ2n) is 4.34. The maximum atomic E-state index is 13.5. The van der Waals surface area contributed by atoms with Crippen LogP contribution in [-0.2, 0) is 9.59 Å². The summed E-state index contributed by atoms with van der Waals surface area (Å²) in [4.78, 5) is 22.3. The Morgan fingerprint density at radius 3 is 2.26 bits per heavy atom. The largest absolute Gasteiger partial charge is 0.481 e. The molecule has 19 heavy (non-hydrogen) atoms. The fourth-order valence-corrected chi connectivity index (χ4v) is 1.55. The molecule has 0 spiro atoms. The van der Waals surface area contributed by atoms with E-state index in [9.17, 15) is 18.4 Å². The summed E-state index contributed by atoms with van der Waals surface area (Å²) < 4.78 is 26.9. The molecule has 2 unspecified atom stereocenters. The number of hydrogen-bond donors (Lipinski definition) is 2. The van der Waals surface area contributed by atoms with Crippen molar-refractivity contribution in [2.45, 2.75) is 19.8 Å². The Hall–Kier alpha value is -1.98. The minimum absolute atomic E-state index is 0.0887. The van der Waals surface area contributed by atoms with Crippen LogP contribution in [0.5, 0.6) is 0 Å². The number of carbonyl (C=O) groups is 2.